The SMILES string of the molecule is Cc1nccn1CCN1CCN(Cc2ccc(Cl)cc2Cl)CC1. The molecule has 1 aromatic carbocycles. The first kappa shape index (κ1) is 16.8. The molecule has 0 aliphatic carbocycles. The normalized spacial score (nSPS) is 16.8. The molecule has 23 heavy (non-hydrogen) atoms. The van der Waals surface area contributed by atoms with E-state index in [2.05, 4.69) is 19.4 Å². The number of piperazine rings is 1. The predicted molar refractivity (Wildman–Crippen MR) is 95.1 cm³/mol. The summed E-state index contributed by atoms with van der Waals surface area (Å²) in [6, 6.07) is 5.76. The topological polar surface area (TPSA) is 24.3 Å². The van der Waals surface area contributed by atoms with Crippen molar-refractivity contribution in [2.75, 3.05) is 32.7 Å². The average molecular weight is 353 g/mol. The molecule has 1 aromatic heterocycles. The van der Waals surface area contributed by atoms with E-state index < -0.39 is 0 Å². The van der Waals surface area contributed by atoms with E-state index in [0.717, 1.165) is 62.2 Å². The zero-order valence-electron chi connectivity index (χ0n) is 13.4. The summed E-state index contributed by atoms with van der Waals surface area (Å²) in [5, 5.41) is 1.45. The highest BCUT2D eigenvalue weighted by molar-refractivity contribution is 6.35. The number of hydrogen-bond donors (Lipinski definition) is 0. The number of hydrogen-bond acceptors (Lipinski definition) is 3. The fourth-order valence-corrected chi connectivity index (χ4v) is 3.42. The molecule has 124 valence electrons. The monoisotopic (exact) mass is 352 g/mol. The first-order valence-corrected chi connectivity index (χ1v) is 8.74. The third-order valence-corrected chi connectivity index (χ3v) is 5.04. The minimum Gasteiger partial charge on any atom is -0.334 e. The van der Waals surface area contributed by atoms with Crippen LogP contribution in [0.4, 0.5) is 0 Å². The van der Waals surface area contributed by atoms with Crippen molar-refractivity contribution in [3.8, 4) is 0 Å². The predicted octanol–water partition coefficient (Wildman–Crippen LogP) is 3.32. The molecule has 3 rings (SSSR count). The highest BCUT2D eigenvalue weighted by Crippen LogP contribution is 2.22. The molecule has 4 nitrogen and oxygen atoms in total. The Hall–Kier alpha value is -1.07. The van der Waals surface area contributed by atoms with E-state index in [1.165, 1.54) is 0 Å². The zero-order chi connectivity index (χ0) is 16.2. The first-order valence-electron chi connectivity index (χ1n) is 7.98. The summed E-state index contributed by atoms with van der Waals surface area (Å²) in [6.45, 7) is 9.36. The van der Waals surface area contributed by atoms with Gasteiger partial charge in [-0.25, -0.2) is 4.98 Å². The largest absolute Gasteiger partial charge is 0.334 e. The lowest BCUT2D eigenvalue weighted by Crippen LogP contribution is -2.46. The van der Waals surface area contributed by atoms with Crippen molar-refractivity contribution < 1.29 is 0 Å². The fourth-order valence-electron chi connectivity index (χ4n) is 2.95. The maximum Gasteiger partial charge on any atom is 0.105 e. The standard InChI is InChI=1S/C17H22Cl2N4/c1-14-20-4-5-23(14)11-10-21-6-8-22(9-7-21)13-15-2-3-16(18)12-17(15)19/h2-5,12H,6-11,13H2,1H3. The van der Waals surface area contributed by atoms with Crippen molar-refractivity contribution in [3.05, 3.63) is 52.0 Å². The Morgan fingerprint density at radius 3 is 2.43 bits per heavy atom. The number of benzene rings is 1. The van der Waals surface area contributed by atoms with Crippen LogP contribution in [0.3, 0.4) is 0 Å². The first-order chi connectivity index (χ1) is 11.1. The number of rotatable bonds is 5. The van der Waals surface area contributed by atoms with E-state index in [9.17, 15) is 0 Å². The average Bonchev–Trinajstić information content (AvgIpc) is 2.95. The number of aryl methyl sites for hydroxylation is 1. The van der Waals surface area contributed by atoms with Crippen molar-refractivity contribution in [3.63, 3.8) is 0 Å². The molecule has 2 aromatic rings. The molecule has 0 N–H and O–H groups in total. The molecule has 1 fully saturated rings. The summed E-state index contributed by atoms with van der Waals surface area (Å²) in [4.78, 5) is 9.23. The van der Waals surface area contributed by atoms with E-state index in [1.54, 1.807) is 0 Å². The maximum absolute atomic E-state index is 6.27. The molecule has 1 saturated heterocycles. The highest BCUT2D eigenvalue weighted by atomic mass is 35.5. The lowest BCUT2D eigenvalue weighted by Gasteiger charge is -2.35. The Labute approximate surface area is 147 Å². The van der Waals surface area contributed by atoms with Crippen LogP contribution in [0.5, 0.6) is 0 Å². The van der Waals surface area contributed by atoms with Crippen LogP contribution in [0.2, 0.25) is 10.0 Å². The van der Waals surface area contributed by atoms with Gasteiger partial charge in [-0.15, -0.1) is 0 Å². The lowest BCUT2D eigenvalue weighted by atomic mass is 10.2. The lowest BCUT2D eigenvalue weighted by molar-refractivity contribution is 0.124. The summed E-state index contributed by atoms with van der Waals surface area (Å²) in [5.41, 5.74) is 1.15. The van der Waals surface area contributed by atoms with Crippen LogP contribution in [0.25, 0.3) is 0 Å². The highest BCUT2D eigenvalue weighted by Gasteiger charge is 2.17. The number of nitrogens with zero attached hydrogens (tertiary/aromatic N) is 4. The van der Waals surface area contributed by atoms with Crippen molar-refractivity contribution >= 4 is 23.2 Å². The summed E-state index contributed by atoms with van der Waals surface area (Å²) >= 11 is 12.2. The van der Waals surface area contributed by atoms with Gasteiger partial charge in [0.05, 0.1) is 0 Å². The van der Waals surface area contributed by atoms with Gasteiger partial charge in [-0.1, -0.05) is 29.3 Å². The van der Waals surface area contributed by atoms with Crippen molar-refractivity contribution in [2.45, 2.75) is 20.0 Å². The zero-order valence-corrected chi connectivity index (χ0v) is 14.9. The molecule has 0 atom stereocenters. The quantitative estimate of drug-likeness (QED) is 0.824. The van der Waals surface area contributed by atoms with Crippen molar-refractivity contribution in [1.29, 1.82) is 0 Å². The number of aromatic nitrogens is 2. The van der Waals surface area contributed by atoms with E-state index in [4.69, 9.17) is 23.2 Å². The Bertz CT molecular complexity index is 648. The van der Waals surface area contributed by atoms with E-state index in [0.29, 0.717) is 5.02 Å². The summed E-state index contributed by atoms with van der Waals surface area (Å²) in [5.74, 6) is 1.08. The van der Waals surface area contributed by atoms with Gasteiger partial charge in [0.25, 0.3) is 0 Å². The van der Waals surface area contributed by atoms with Gasteiger partial charge in [-0.05, 0) is 24.6 Å². The van der Waals surface area contributed by atoms with Gasteiger partial charge in [0.1, 0.15) is 5.82 Å². The summed E-state index contributed by atoms with van der Waals surface area (Å²) in [6.07, 6.45) is 3.91. The molecule has 1 aliphatic rings. The van der Waals surface area contributed by atoms with Gasteiger partial charge in [-0.3, -0.25) is 9.80 Å². The second-order valence-corrected chi connectivity index (χ2v) is 6.87. The molecule has 0 unspecified atom stereocenters. The number of halogens is 2. The van der Waals surface area contributed by atoms with Crippen LogP contribution >= 0.6 is 23.2 Å². The van der Waals surface area contributed by atoms with Gasteiger partial charge < -0.3 is 4.57 Å². The van der Waals surface area contributed by atoms with Crippen LogP contribution < -0.4 is 0 Å². The minimum absolute atomic E-state index is 0.693. The Morgan fingerprint density at radius 1 is 1.04 bits per heavy atom. The Morgan fingerprint density at radius 2 is 1.78 bits per heavy atom. The van der Waals surface area contributed by atoms with Crippen LogP contribution in [-0.4, -0.2) is 52.1 Å². The smallest absolute Gasteiger partial charge is 0.105 e. The third kappa shape index (κ3) is 4.48. The third-order valence-electron chi connectivity index (χ3n) is 4.45. The Balaban J connectivity index is 1.46. The van der Waals surface area contributed by atoms with Crippen LogP contribution in [-0.2, 0) is 13.1 Å². The van der Waals surface area contributed by atoms with Crippen LogP contribution in [0.1, 0.15) is 11.4 Å². The molecule has 0 amide bonds. The number of imidazole rings is 1. The molecule has 0 radical (unpaired) electrons. The molecule has 1 aliphatic heterocycles. The van der Waals surface area contributed by atoms with Crippen molar-refractivity contribution in [2.24, 2.45) is 0 Å². The summed E-state index contributed by atoms with van der Waals surface area (Å²) < 4.78 is 2.21. The van der Waals surface area contributed by atoms with Gasteiger partial charge >= 0.3 is 0 Å². The maximum atomic E-state index is 6.27. The van der Waals surface area contributed by atoms with Gasteiger partial charge in [0, 0.05) is 68.3 Å². The van der Waals surface area contributed by atoms with Gasteiger partial charge in [-0.2, -0.15) is 0 Å². The minimum atomic E-state index is 0.693. The molecule has 0 saturated carbocycles. The van der Waals surface area contributed by atoms with E-state index >= 15 is 0 Å². The molecular weight excluding hydrogens is 331 g/mol. The molecular formula is C17H22Cl2N4. The summed E-state index contributed by atoms with van der Waals surface area (Å²) in [7, 11) is 0. The second kappa shape index (κ2) is 7.67. The second-order valence-electron chi connectivity index (χ2n) is 6.02. The van der Waals surface area contributed by atoms with Crippen LogP contribution in [0, 0.1) is 6.92 Å². The molecule has 6 heteroatoms. The van der Waals surface area contributed by atoms with E-state index in [-0.39, 0.29) is 0 Å². The van der Waals surface area contributed by atoms with Gasteiger partial charge in [0.2, 0.25) is 0 Å². The molecule has 2 heterocycles. The van der Waals surface area contributed by atoms with E-state index in [1.807, 2.05) is 37.5 Å². The van der Waals surface area contributed by atoms with Crippen molar-refractivity contribution in [1.82, 2.24) is 19.4 Å². The van der Waals surface area contributed by atoms with Gasteiger partial charge in [0.15, 0.2) is 0 Å². The molecule has 0 bridgehead atoms. The molecule has 0 spiro atoms. The Kier molecular flexibility index (Phi) is 5.59. The van der Waals surface area contributed by atoms with Crippen LogP contribution in [0.15, 0.2) is 30.6 Å². The fraction of sp³-hybridized carbons (Fsp3) is 0.471.